The molecule has 3 heterocycles. The van der Waals surface area contributed by atoms with E-state index in [1.807, 2.05) is 0 Å². The fourth-order valence-corrected chi connectivity index (χ4v) is 4.69. The first-order valence-corrected chi connectivity index (χ1v) is 9.51. The molecule has 4 rings (SSSR count). The smallest absolute Gasteiger partial charge is 0.242 e. The van der Waals surface area contributed by atoms with Gasteiger partial charge in [-0.2, -0.15) is 0 Å². The van der Waals surface area contributed by atoms with E-state index in [0.717, 1.165) is 38.5 Å². The Morgan fingerprint density at radius 1 is 0.920 bits per heavy atom. The Balaban J connectivity index is 1.31. The van der Waals surface area contributed by atoms with E-state index in [2.05, 4.69) is 0 Å². The molecule has 3 amide bonds. The van der Waals surface area contributed by atoms with Crippen molar-refractivity contribution in [2.45, 2.75) is 44.8 Å². The predicted molar refractivity (Wildman–Crippen MR) is 87.2 cm³/mol. The summed E-state index contributed by atoms with van der Waals surface area (Å²) in [5.41, 5.74) is 0. The van der Waals surface area contributed by atoms with Crippen LogP contribution < -0.4 is 0 Å². The molecule has 1 aliphatic carbocycles. The summed E-state index contributed by atoms with van der Waals surface area (Å²) in [7, 11) is 0. The van der Waals surface area contributed by atoms with Gasteiger partial charge in [-0.15, -0.1) is 0 Å². The first-order valence-electron chi connectivity index (χ1n) is 9.51. The molecular weight excluding hydrogens is 324 g/mol. The van der Waals surface area contributed by atoms with Crippen molar-refractivity contribution in [3.05, 3.63) is 0 Å². The number of carbonyl (C=O) groups is 3. The van der Waals surface area contributed by atoms with Gasteiger partial charge in [-0.25, -0.2) is 0 Å². The maximum absolute atomic E-state index is 12.6. The van der Waals surface area contributed by atoms with Gasteiger partial charge >= 0.3 is 0 Å². The standard InChI is InChI=1S/C18H26N2O5/c21-15(19-7-5-12(6-8-19)18-24-9-10-25-18)11-20-16(22)13-3-1-2-4-14(13)17(20)23/h12-14,18H,1-11H2. The van der Waals surface area contributed by atoms with Gasteiger partial charge in [-0.05, 0) is 25.7 Å². The maximum atomic E-state index is 12.6. The fraction of sp³-hybridized carbons (Fsp3) is 0.833. The van der Waals surface area contributed by atoms with Crippen LogP contribution in [-0.2, 0) is 23.9 Å². The molecule has 0 bridgehead atoms. The average Bonchev–Trinajstić information content (AvgIpc) is 3.26. The van der Waals surface area contributed by atoms with Crippen LogP contribution in [0.3, 0.4) is 0 Å². The molecule has 7 nitrogen and oxygen atoms in total. The first kappa shape index (κ1) is 17.0. The highest BCUT2D eigenvalue weighted by Crippen LogP contribution is 2.38. The second kappa shape index (κ2) is 7.03. The SMILES string of the molecule is O=C(CN1C(=O)C2CCCCC2C1=O)N1CCC(C2OCCO2)CC1. The molecule has 0 aromatic carbocycles. The lowest BCUT2D eigenvalue weighted by atomic mass is 9.81. The molecule has 0 N–H and O–H groups in total. The lowest BCUT2D eigenvalue weighted by Crippen LogP contribution is -2.47. The van der Waals surface area contributed by atoms with Crippen LogP contribution in [0.5, 0.6) is 0 Å². The van der Waals surface area contributed by atoms with Gasteiger partial charge in [-0.1, -0.05) is 12.8 Å². The third-order valence-corrected chi connectivity index (χ3v) is 6.15. The zero-order valence-corrected chi connectivity index (χ0v) is 14.5. The normalized spacial score (nSPS) is 31.7. The lowest BCUT2D eigenvalue weighted by molar-refractivity contribution is -0.148. The highest BCUT2D eigenvalue weighted by atomic mass is 16.7. The van der Waals surface area contributed by atoms with Crippen LogP contribution in [0, 0.1) is 17.8 Å². The minimum Gasteiger partial charge on any atom is -0.350 e. The number of imide groups is 1. The Morgan fingerprint density at radius 3 is 2.04 bits per heavy atom. The monoisotopic (exact) mass is 350 g/mol. The van der Waals surface area contributed by atoms with Gasteiger partial charge in [0, 0.05) is 19.0 Å². The Labute approximate surface area is 147 Å². The third kappa shape index (κ3) is 3.19. The van der Waals surface area contributed by atoms with Gasteiger partial charge in [0.25, 0.3) is 0 Å². The molecule has 138 valence electrons. The Kier molecular flexibility index (Phi) is 4.78. The van der Waals surface area contributed by atoms with Crippen molar-refractivity contribution >= 4 is 17.7 Å². The van der Waals surface area contributed by atoms with Crippen molar-refractivity contribution < 1.29 is 23.9 Å². The number of carbonyl (C=O) groups excluding carboxylic acids is 3. The second-order valence-corrected chi connectivity index (χ2v) is 7.59. The van der Waals surface area contributed by atoms with E-state index in [-0.39, 0.29) is 42.4 Å². The van der Waals surface area contributed by atoms with E-state index in [4.69, 9.17) is 9.47 Å². The summed E-state index contributed by atoms with van der Waals surface area (Å²) in [6.07, 6.45) is 5.11. The van der Waals surface area contributed by atoms with E-state index in [1.54, 1.807) is 4.90 Å². The van der Waals surface area contributed by atoms with E-state index < -0.39 is 0 Å². The third-order valence-electron chi connectivity index (χ3n) is 6.15. The molecule has 0 radical (unpaired) electrons. The van der Waals surface area contributed by atoms with Gasteiger partial charge < -0.3 is 14.4 Å². The molecule has 25 heavy (non-hydrogen) atoms. The van der Waals surface area contributed by atoms with E-state index in [9.17, 15) is 14.4 Å². The summed E-state index contributed by atoms with van der Waals surface area (Å²) < 4.78 is 11.1. The predicted octanol–water partition coefficient (Wildman–Crippen LogP) is 0.773. The molecule has 0 aromatic heterocycles. The van der Waals surface area contributed by atoms with Crippen molar-refractivity contribution in [3.8, 4) is 0 Å². The van der Waals surface area contributed by atoms with Crippen LogP contribution in [0.15, 0.2) is 0 Å². The van der Waals surface area contributed by atoms with Crippen LogP contribution in [0.2, 0.25) is 0 Å². The molecule has 3 saturated heterocycles. The Hall–Kier alpha value is -1.47. The molecule has 7 heteroatoms. The molecule has 2 atom stereocenters. The lowest BCUT2D eigenvalue weighted by Gasteiger charge is -2.34. The summed E-state index contributed by atoms with van der Waals surface area (Å²) in [5, 5.41) is 0. The van der Waals surface area contributed by atoms with Crippen molar-refractivity contribution in [2.75, 3.05) is 32.8 Å². The summed E-state index contributed by atoms with van der Waals surface area (Å²) in [5.74, 6) is -0.430. The average molecular weight is 350 g/mol. The van der Waals surface area contributed by atoms with E-state index in [1.165, 1.54) is 4.90 Å². The number of fused-ring (bicyclic) bond motifs is 1. The number of nitrogens with zero attached hydrogens (tertiary/aromatic N) is 2. The Morgan fingerprint density at radius 2 is 1.48 bits per heavy atom. The minimum absolute atomic E-state index is 0.0915. The molecule has 0 aromatic rings. The number of hydrogen-bond donors (Lipinski definition) is 0. The van der Waals surface area contributed by atoms with Gasteiger partial charge in [0.15, 0.2) is 6.29 Å². The largest absolute Gasteiger partial charge is 0.350 e. The number of hydrogen-bond acceptors (Lipinski definition) is 5. The number of rotatable bonds is 3. The number of likely N-dealkylation sites (tertiary alicyclic amines) is 2. The number of ether oxygens (including phenoxy) is 2. The highest BCUT2D eigenvalue weighted by molar-refractivity contribution is 6.07. The summed E-state index contributed by atoms with van der Waals surface area (Å²) in [6.45, 7) is 2.47. The van der Waals surface area contributed by atoms with Crippen LogP contribution in [-0.4, -0.2) is 66.7 Å². The van der Waals surface area contributed by atoms with Crippen LogP contribution in [0.1, 0.15) is 38.5 Å². The number of piperidine rings is 1. The van der Waals surface area contributed by atoms with E-state index in [0.29, 0.717) is 32.2 Å². The summed E-state index contributed by atoms with van der Waals surface area (Å²) in [6, 6.07) is 0. The molecule has 3 aliphatic heterocycles. The number of amides is 3. The van der Waals surface area contributed by atoms with E-state index >= 15 is 0 Å². The van der Waals surface area contributed by atoms with Crippen molar-refractivity contribution in [1.29, 1.82) is 0 Å². The Bertz CT molecular complexity index is 528. The second-order valence-electron chi connectivity index (χ2n) is 7.59. The van der Waals surface area contributed by atoms with Crippen LogP contribution in [0.4, 0.5) is 0 Å². The summed E-state index contributed by atoms with van der Waals surface area (Å²) in [4.78, 5) is 40.6. The molecular formula is C18H26N2O5. The van der Waals surface area contributed by atoms with Crippen LogP contribution >= 0.6 is 0 Å². The zero-order valence-electron chi connectivity index (χ0n) is 14.5. The van der Waals surface area contributed by atoms with Gasteiger partial charge in [-0.3, -0.25) is 19.3 Å². The van der Waals surface area contributed by atoms with Crippen molar-refractivity contribution in [2.24, 2.45) is 17.8 Å². The maximum Gasteiger partial charge on any atom is 0.242 e. The quantitative estimate of drug-likeness (QED) is 0.703. The van der Waals surface area contributed by atoms with Gasteiger partial charge in [0.2, 0.25) is 17.7 Å². The summed E-state index contributed by atoms with van der Waals surface area (Å²) >= 11 is 0. The molecule has 2 unspecified atom stereocenters. The molecule has 0 spiro atoms. The van der Waals surface area contributed by atoms with Crippen LogP contribution in [0.25, 0.3) is 0 Å². The highest BCUT2D eigenvalue weighted by Gasteiger charge is 2.48. The molecule has 1 saturated carbocycles. The molecule has 4 aliphatic rings. The zero-order chi connectivity index (χ0) is 17.4. The van der Waals surface area contributed by atoms with Gasteiger partial charge in [0.05, 0.1) is 25.0 Å². The van der Waals surface area contributed by atoms with Crippen molar-refractivity contribution in [1.82, 2.24) is 9.80 Å². The minimum atomic E-state index is -0.184. The van der Waals surface area contributed by atoms with Crippen molar-refractivity contribution in [3.63, 3.8) is 0 Å². The fourth-order valence-electron chi connectivity index (χ4n) is 4.69. The first-order chi connectivity index (χ1) is 12.1. The topological polar surface area (TPSA) is 76.2 Å². The molecule has 4 fully saturated rings. The van der Waals surface area contributed by atoms with Gasteiger partial charge in [0.1, 0.15) is 6.54 Å².